The smallest absolute Gasteiger partial charge is 0.220 e. The fraction of sp³-hybridized carbons (Fsp3) is 0.750. The molecule has 0 spiro atoms. The molecule has 0 saturated carbocycles. The quantitative estimate of drug-likeness (QED) is 0.879. The second kappa shape index (κ2) is 7.36. The van der Waals surface area contributed by atoms with Gasteiger partial charge in [-0.15, -0.1) is 11.3 Å². The number of nitrogens with zero attached hydrogens (tertiary/aromatic N) is 1. The first-order valence-electron chi connectivity index (χ1n) is 7.91. The Hall–Kier alpha value is -0.940. The van der Waals surface area contributed by atoms with Crippen molar-refractivity contribution in [1.29, 1.82) is 0 Å². The summed E-state index contributed by atoms with van der Waals surface area (Å²) >= 11 is 1.68. The first-order valence-corrected chi connectivity index (χ1v) is 8.73. The van der Waals surface area contributed by atoms with Gasteiger partial charge in [-0.3, -0.25) is 4.79 Å². The number of piperidine rings is 1. The third-order valence-electron chi connectivity index (χ3n) is 4.36. The zero-order valence-electron chi connectivity index (χ0n) is 13.5. The number of hydrogen-bond donors (Lipinski definition) is 2. The normalized spacial score (nSPS) is 21.8. The molecule has 3 unspecified atom stereocenters. The highest BCUT2D eigenvalue weighted by Crippen LogP contribution is 2.26. The van der Waals surface area contributed by atoms with Gasteiger partial charge in [0.1, 0.15) is 0 Å². The molecule has 0 aliphatic carbocycles. The highest BCUT2D eigenvalue weighted by molar-refractivity contribution is 7.11. The fourth-order valence-electron chi connectivity index (χ4n) is 3.14. The van der Waals surface area contributed by atoms with Crippen molar-refractivity contribution >= 4 is 17.2 Å². The summed E-state index contributed by atoms with van der Waals surface area (Å²) in [7, 11) is 0. The third-order valence-corrected chi connectivity index (χ3v) is 5.61. The Labute approximate surface area is 131 Å². The Bertz CT molecular complexity index is 480. The van der Waals surface area contributed by atoms with Gasteiger partial charge in [-0.1, -0.05) is 6.92 Å². The maximum Gasteiger partial charge on any atom is 0.220 e. The van der Waals surface area contributed by atoms with Crippen molar-refractivity contribution in [2.24, 2.45) is 11.8 Å². The predicted octanol–water partition coefficient (Wildman–Crippen LogP) is 2.96. The van der Waals surface area contributed by atoms with Crippen LogP contribution in [0.1, 0.15) is 54.7 Å². The Morgan fingerprint density at radius 3 is 2.81 bits per heavy atom. The first-order chi connectivity index (χ1) is 9.97. The van der Waals surface area contributed by atoms with E-state index in [1.165, 1.54) is 17.7 Å². The maximum atomic E-state index is 12.3. The van der Waals surface area contributed by atoms with Crippen LogP contribution in [0.2, 0.25) is 0 Å². The van der Waals surface area contributed by atoms with Crippen molar-refractivity contribution in [2.45, 2.75) is 53.0 Å². The number of rotatable bonds is 5. The van der Waals surface area contributed by atoms with Crippen molar-refractivity contribution < 1.29 is 4.79 Å². The summed E-state index contributed by atoms with van der Waals surface area (Å²) in [4.78, 5) is 17.9. The second-order valence-electron chi connectivity index (χ2n) is 6.26. The molecule has 21 heavy (non-hydrogen) atoms. The Morgan fingerprint density at radius 1 is 1.48 bits per heavy atom. The minimum absolute atomic E-state index is 0.0559. The number of hydrogen-bond acceptors (Lipinski definition) is 4. The van der Waals surface area contributed by atoms with Crippen LogP contribution < -0.4 is 10.6 Å². The van der Waals surface area contributed by atoms with E-state index < -0.39 is 0 Å². The standard InChI is InChI=1S/C16H27N3OS/c1-10(14-6-5-7-17-9-14)8-15(20)19-12(3)16-11(2)18-13(4)21-16/h10,12,14,17H,5-9H2,1-4H3,(H,19,20). The van der Waals surface area contributed by atoms with Crippen LogP contribution in [-0.4, -0.2) is 24.0 Å². The number of aromatic nitrogens is 1. The van der Waals surface area contributed by atoms with Gasteiger partial charge in [-0.05, 0) is 58.5 Å². The molecule has 118 valence electrons. The van der Waals surface area contributed by atoms with Crippen LogP contribution in [0.4, 0.5) is 0 Å². The van der Waals surface area contributed by atoms with Crippen LogP contribution in [0, 0.1) is 25.7 Å². The molecule has 0 aromatic carbocycles. The molecular formula is C16H27N3OS. The predicted molar refractivity (Wildman–Crippen MR) is 87.5 cm³/mol. The number of aryl methyl sites for hydroxylation is 2. The summed E-state index contributed by atoms with van der Waals surface area (Å²) in [6.45, 7) is 10.4. The van der Waals surface area contributed by atoms with Crippen molar-refractivity contribution in [3.63, 3.8) is 0 Å². The van der Waals surface area contributed by atoms with Gasteiger partial charge in [0.2, 0.25) is 5.91 Å². The lowest BCUT2D eigenvalue weighted by atomic mass is 9.85. The monoisotopic (exact) mass is 309 g/mol. The molecule has 2 heterocycles. The molecule has 1 aromatic rings. The molecule has 1 saturated heterocycles. The topological polar surface area (TPSA) is 54.0 Å². The number of carbonyl (C=O) groups excluding carboxylic acids is 1. The fourth-order valence-corrected chi connectivity index (χ4v) is 4.07. The molecule has 1 aliphatic rings. The van der Waals surface area contributed by atoms with Crippen molar-refractivity contribution in [2.75, 3.05) is 13.1 Å². The van der Waals surface area contributed by atoms with Gasteiger partial charge in [0, 0.05) is 11.3 Å². The Balaban J connectivity index is 1.84. The molecule has 1 aromatic heterocycles. The molecule has 4 nitrogen and oxygen atoms in total. The van der Waals surface area contributed by atoms with Crippen LogP contribution in [-0.2, 0) is 4.79 Å². The lowest BCUT2D eigenvalue weighted by Gasteiger charge is -2.28. The van der Waals surface area contributed by atoms with E-state index in [4.69, 9.17) is 0 Å². The summed E-state index contributed by atoms with van der Waals surface area (Å²) in [5.74, 6) is 1.23. The SMILES string of the molecule is Cc1nc(C)c(C(C)NC(=O)CC(C)C2CCCNC2)s1. The summed E-state index contributed by atoms with van der Waals surface area (Å²) in [6, 6.07) is 0.0559. The lowest BCUT2D eigenvalue weighted by molar-refractivity contribution is -0.123. The third kappa shape index (κ3) is 4.51. The van der Waals surface area contributed by atoms with E-state index in [-0.39, 0.29) is 11.9 Å². The van der Waals surface area contributed by atoms with E-state index in [9.17, 15) is 4.79 Å². The van der Waals surface area contributed by atoms with E-state index in [2.05, 4.69) is 22.5 Å². The van der Waals surface area contributed by atoms with E-state index in [1.807, 2.05) is 20.8 Å². The van der Waals surface area contributed by atoms with Gasteiger partial charge in [0.15, 0.2) is 0 Å². The second-order valence-corrected chi connectivity index (χ2v) is 7.49. The molecule has 0 bridgehead atoms. The van der Waals surface area contributed by atoms with Gasteiger partial charge in [0.05, 0.1) is 16.7 Å². The Kier molecular flexibility index (Phi) is 5.76. The van der Waals surface area contributed by atoms with Crippen LogP contribution in [0.25, 0.3) is 0 Å². The van der Waals surface area contributed by atoms with Gasteiger partial charge < -0.3 is 10.6 Å². The molecule has 1 amide bonds. The largest absolute Gasteiger partial charge is 0.349 e. The van der Waals surface area contributed by atoms with E-state index in [0.717, 1.165) is 23.8 Å². The van der Waals surface area contributed by atoms with E-state index in [1.54, 1.807) is 11.3 Å². The zero-order chi connectivity index (χ0) is 15.4. The molecule has 5 heteroatoms. The van der Waals surface area contributed by atoms with Crippen LogP contribution in [0.15, 0.2) is 0 Å². The molecular weight excluding hydrogens is 282 g/mol. The van der Waals surface area contributed by atoms with Gasteiger partial charge in [-0.2, -0.15) is 0 Å². The van der Waals surface area contributed by atoms with Gasteiger partial charge in [-0.25, -0.2) is 4.98 Å². The number of amides is 1. The Morgan fingerprint density at radius 2 is 2.24 bits per heavy atom. The molecule has 2 N–H and O–H groups in total. The molecule has 1 fully saturated rings. The van der Waals surface area contributed by atoms with Gasteiger partial charge >= 0.3 is 0 Å². The maximum absolute atomic E-state index is 12.3. The van der Waals surface area contributed by atoms with Crippen LogP contribution >= 0.6 is 11.3 Å². The summed E-state index contributed by atoms with van der Waals surface area (Å²) in [6.07, 6.45) is 3.09. The first kappa shape index (κ1) is 16.4. The van der Waals surface area contributed by atoms with Crippen LogP contribution in [0.3, 0.4) is 0 Å². The minimum atomic E-state index is 0.0559. The summed E-state index contributed by atoms with van der Waals surface area (Å²) in [5, 5.41) is 7.62. The number of nitrogens with one attached hydrogen (secondary N) is 2. The number of carbonyl (C=O) groups is 1. The zero-order valence-corrected chi connectivity index (χ0v) is 14.3. The van der Waals surface area contributed by atoms with E-state index >= 15 is 0 Å². The summed E-state index contributed by atoms with van der Waals surface area (Å²) < 4.78 is 0. The van der Waals surface area contributed by atoms with Gasteiger partial charge in [0.25, 0.3) is 0 Å². The van der Waals surface area contributed by atoms with E-state index in [0.29, 0.717) is 18.3 Å². The average Bonchev–Trinajstić information content (AvgIpc) is 2.78. The lowest BCUT2D eigenvalue weighted by Crippen LogP contribution is -2.36. The average molecular weight is 309 g/mol. The number of thiazole rings is 1. The summed E-state index contributed by atoms with van der Waals surface area (Å²) in [5.41, 5.74) is 1.04. The van der Waals surface area contributed by atoms with Crippen molar-refractivity contribution in [3.8, 4) is 0 Å². The molecule has 2 rings (SSSR count). The minimum Gasteiger partial charge on any atom is -0.349 e. The highest BCUT2D eigenvalue weighted by atomic mass is 32.1. The van der Waals surface area contributed by atoms with Crippen molar-refractivity contribution in [1.82, 2.24) is 15.6 Å². The highest BCUT2D eigenvalue weighted by Gasteiger charge is 2.23. The molecule has 1 aliphatic heterocycles. The van der Waals surface area contributed by atoms with Crippen molar-refractivity contribution in [3.05, 3.63) is 15.6 Å². The molecule has 3 atom stereocenters. The van der Waals surface area contributed by atoms with Crippen LogP contribution in [0.5, 0.6) is 0 Å². The molecule has 0 radical (unpaired) electrons.